The summed E-state index contributed by atoms with van der Waals surface area (Å²) in [5.74, 6) is 0.957. The Morgan fingerprint density at radius 3 is 2.65 bits per heavy atom. The van der Waals surface area contributed by atoms with Crippen LogP contribution >= 0.6 is 0 Å². The Labute approximate surface area is 105 Å². The van der Waals surface area contributed by atoms with Crippen LogP contribution in [0.3, 0.4) is 0 Å². The first-order valence-corrected chi connectivity index (χ1v) is 7.21. The van der Waals surface area contributed by atoms with Gasteiger partial charge in [-0.05, 0) is 44.6 Å². The van der Waals surface area contributed by atoms with Gasteiger partial charge >= 0.3 is 0 Å². The van der Waals surface area contributed by atoms with Crippen LogP contribution in [0.5, 0.6) is 0 Å². The van der Waals surface area contributed by atoms with E-state index in [0.29, 0.717) is 11.8 Å². The number of hydrogen-bond acceptors (Lipinski definition) is 2. The Balaban J connectivity index is 2.03. The van der Waals surface area contributed by atoms with Gasteiger partial charge in [-0.3, -0.25) is 4.79 Å². The molecule has 0 spiro atoms. The highest BCUT2D eigenvalue weighted by Gasteiger charge is 2.42. The number of rotatable bonds is 3. The van der Waals surface area contributed by atoms with E-state index in [9.17, 15) is 4.79 Å². The zero-order chi connectivity index (χ0) is 12.3. The molecule has 2 aliphatic rings. The summed E-state index contributed by atoms with van der Waals surface area (Å²) in [6, 6.07) is 0. The molecule has 2 N–H and O–H groups in total. The molecule has 1 heterocycles. The minimum Gasteiger partial charge on any atom is -0.342 e. The average Bonchev–Trinajstić information content (AvgIpc) is 2.88. The smallest absolute Gasteiger partial charge is 0.228 e. The molecule has 0 bridgehead atoms. The van der Waals surface area contributed by atoms with Crippen LogP contribution in [0, 0.1) is 11.3 Å². The molecule has 1 saturated heterocycles. The molecule has 1 amide bonds. The van der Waals surface area contributed by atoms with Crippen LogP contribution in [0.4, 0.5) is 0 Å². The number of amides is 1. The number of nitrogens with zero attached hydrogens (tertiary/aromatic N) is 1. The van der Waals surface area contributed by atoms with Crippen molar-refractivity contribution >= 4 is 5.91 Å². The fraction of sp³-hybridized carbons (Fsp3) is 0.929. The minimum absolute atomic E-state index is 0.0174. The van der Waals surface area contributed by atoms with Gasteiger partial charge in [0.15, 0.2) is 0 Å². The van der Waals surface area contributed by atoms with Gasteiger partial charge in [-0.2, -0.15) is 0 Å². The lowest BCUT2D eigenvalue weighted by molar-refractivity contribution is -0.144. The molecule has 1 atom stereocenters. The van der Waals surface area contributed by atoms with Crippen LogP contribution in [0.25, 0.3) is 0 Å². The van der Waals surface area contributed by atoms with Gasteiger partial charge in [0.2, 0.25) is 5.91 Å². The highest BCUT2D eigenvalue weighted by Crippen LogP contribution is 2.43. The van der Waals surface area contributed by atoms with Crippen molar-refractivity contribution in [2.45, 2.75) is 51.9 Å². The molecule has 2 fully saturated rings. The molecule has 2 rings (SSSR count). The van der Waals surface area contributed by atoms with Crippen molar-refractivity contribution in [2.75, 3.05) is 19.6 Å². The zero-order valence-electron chi connectivity index (χ0n) is 11.1. The third kappa shape index (κ3) is 2.49. The molecule has 0 radical (unpaired) electrons. The maximum absolute atomic E-state index is 12.7. The summed E-state index contributed by atoms with van der Waals surface area (Å²) in [4.78, 5) is 14.8. The van der Waals surface area contributed by atoms with Gasteiger partial charge in [-0.1, -0.05) is 19.8 Å². The average molecular weight is 238 g/mol. The SMILES string of the molecule is CCC1(C(=O)N2CCCC(CN)C2)CCCC1. The molecule has 1 aliphatic carbocycles. The van der Waals surface area contributed by atoms with Crippen molar-refractivity contribution in [1.82, 2.24) is 4.90 Å². The van der Waals surface area contributed by atoms with E-state index in [1.807, 2.05) is 0 Å². The highest BCUT2D eigenvalue weighted by molar-refractivity contribution is 5.83. The number of piperidine rings is 1. The molecule has 1 unspecified atom stereocenters. The quantitative estimate of drug-likeness (QED) is 0.819. The van der Waals surface area contributed by atoms with E-state index in [4.69, 9.17) is 5.73 Å². The van der Waals surface area contributed by atoms with Gasteiger partial charge in [-0.25, -0.2) is 0 Å². The minimum atomic E-state index is -0.0174. The van der Waals surface area contributed by atoms with Crippen LogP contribution in [0.2, 0.25) is 0 Å². The number of likely N-dealkylation sites (tertiary alicyclic amines) is 1. The molecule has 1 saturated carbocycles. The monoisotopic (exact) mass is 238 g/mol. The largest absolute Gasteiger partial charge is 0.342 e. The summed E-state index contributed by atoms with van der Waals surface area (Å²) in [5, 5.41) is 0. The Morgan fingerprint density at radius 2 is 2.06 bits per heavy atom. The second-order valence-corrected chi connectivity index (χ2v) is 5.84. The second kappa shape index (κ2) is 5.38. The maximum Gasteiger partial charge on any atom is 0.228 e. The highest BCUT2D eigenvalue weighted by atomic mass is 16.2. The molecule has 3 heteroatoms. The number of nitrogens with two attached hydrogens (primary N) is 1. The molecule has 0 aromatic rings. The standard InChI is InChI=1S/C14H26N2O/c1-2-14(7-3-4-8-14)13(17)16-9-5-6-12(10-15)11-16/h12H,2-11,15H2,1H3. The molecule has 17 heavy (non-hydrogen) atoms. The van der Waals surface area contributed by atoms with Gasteiger partial charge < -0.3 is 10.6 Å². The van der Waals surface area contributed by atoms with Crippen molar-refractivity contribution in [1.29, 1.82) is 0 Å². The van der Waals surface area contributed by atoms with Gasteiger partial charge in [0.05, 0.1) is 0 Å². The molecular weight excluding hydrogens is 212 g/mol. The lowest BCUT2D eigenvalue weighted by atomic mass is 9.81. The molecule has 1 aliphatic heterocycles. The van der Waals surface area contributed by atoms with E-state index < -0.39 is 0 Å². The second-order valence-electron chi connectivity index (χ2n) is 5.84. The molecule has 3 nitrogen and oxygen atoms in total. The normalized spacial score (nSPS) is 28.4. The van der Waals surface area contributed by atoms with Crippen LogP contribution in [-0.4, -0.2) is 30.4 Å². The van der Waals surface area contributed by atoms with Crippen molar-refractivity contribution in [2.24, 2.45) is 17.1 Å². The summed E-state index contributed by atoms with van der Waals surface area (Å²) in [5.41, 5.74) is 5.73. The lowest BCUT2D eigenvalue weighted by Gasteiger charge is -2.38. The first-order chi connectivity index (χ1) is 8.22. The van der Waals surface area contributed by atoms with Crippen LogP contribution in [0.1, 0.15) is 51.9 Å². The number of carbonyl (C=O) groups excluding carboxylic acids is 1. The Morgan fingerprint density at radius 1 is 1.35 bits per heavy atom. The third-order valence-electron chi connectivity index (χ3n) is 4.83. The first-order valence-electron chi connectivity index (χ1n) is 7.21. The van der Waals surface area contributed by atoms with Crippen LogP contribution < -0.4 is 5.73 Å². The van der Waals surface area contributed by atoms with E-state index in [2.05, 4.69) is 11.8 Å². The van der Waals surface area contributed by atoms with Crippen molar-refractivity contribution in [3.05, 3.63) is 0 Å². The lowest BCUT2D eigenvalue weighted by Crippen LogP contribution is -2.48. The van der Waals surface area contributed by atoms with Crippen molar-refractivity contribution < 1.29 is 4.79 Å². The zero-order valence-corrected chi connectivity index (χ0v) is 11.1. The predicted molar refractivity (Wildman–Crippen MR) is 69.6 cm³/mol. The van der Waals surface area contributed by atoms with Gasteiger partial charge in [0.1, 0.15) is 0 Å². The molecule has 98 valence electrons. The summed E-state index contributed by atoms with van der Waals surface area (Å²) < 4.78 is 0. The fourth-order valence-electron chi connectivity index (χ4n) is 3.55. The van der Waals surface area contributed by atoms with E-state index >= 15 is 0 Å². The Kier molecular flexibility index (Phi) is 4.08. The van der Waals surface area contributed by atoms with E-state index in [0.717, 1.165) is 45.3 Å². The van der Waals surface area contributed by atoms with E-state index in [1.165, 1.54) is 19.3 Å². The van der Waals surface area contributed by atoms with Gasteiger partial charge in [-0.15, -0.1) is 0 Å². The third-order valence-corrected chi connectivity index (χ3v) is 4.83. The van der Waals surface area contributed by atoms with Crippen molar-refractivity contribution in [3.8, 4) is 0 Å². The van der Waals surface area contributed by atoms with Crippen molar-refractivity contribution in [3.63, 3.8) is 0 Å². The number of carbonyl (C=O) groups is 1. The summed E-state index contributed by atoms with van der Waals surface area (Å²) in [6.45, 7) is 4.75. The maximum atomic E-state index is 12.7. The molecular formula is C14H26N2O. The van der Waals surface area contributed by atoms with E-state index in [-0.39, 0.29) is 5.41 Å². The molecule has 0 aromatic heterocycles. The predicted octanol–water partition coefficient (Wildman–Crippen LogP) is 2.15. The Bertz CT molecular complexity index is 271. The van der Waals surface area contributed by atoms with Gasteiger partial charge in [0, 0.05) is 18.5 Å². The van der Waals surface area contributed by atoms with Crippen LogP contribution in [0.15, 0.2) is 0 Å². The fourth-order valence-corrected chi connectivity index (χ4v) is 3.55. The summed E-state index contributed by atoms with van der Waals surface area (Å²) in [6.07, 6.45) is 8.00. The molecule has 0 aromatic carbocycles. The van der Waals surface area contributed by atoms with Gasteiger partial charge in [0.25, 0.3) is 0 Å². The summed E-state index contributed by atoms with van der Waals surface area (Å²) >= 11 is 0. The Hall–Kier alpha value is -0.570. The van der Waals surface area contributed by atoms with E-state index in [1.54, 1.807) is 0 Å². The summed E-state index contributed by atoms with van der Waals surface area (Å²) in [7, 11) is 0. The van der Waals surface area contributed by atoms with Crippen LogP contribution in [-0.2, 0) is 4.79 Å². The topological polar surface area (TPSA) is 46.3 Å². The first kappa shape index (κ1) is 12.9. The number of hydrogen-bond donors (Lipinski definition) is 1.